The number of hydrogen-bond acceptors (Lipinski definition) is 3. The first-order valence-corrected chi connectivity index (χ1v) is 7.36. The molecule has 0 aromatic heterocycles. The second-order valence-corrected chi connectivity index (χ2v) is 5.61. The summed E-state index contributed by atoms with van der Waals surface area (Å²) in [6.07, 6.45) is 4.22. The van der Waals surface area contributed by atoms with Crippen LogP contribution >= 0.6 is 12.4 Å². The van der Waals surface area contributed by atoms with Gasteiger partial charge in [-0.25, -0.2) is 0 Å². The third-order valence-corrected chi connectivity index (χ3v) is 3.82. The van der Waals surface area contributed by atoms with Crippen molar-refractivity contribution in [3.63, 3.8) is 0 Å². The van der Waals surface area contributed by atoms with E-state index in [1.807, 2.05) is 31.2 Å². The minimum absolute atomic E-state index is 0. The third-order valence-electron chi connectivity index (χ3n) is 3.82. The van der Waals surface area contributed by atoms with Gasteiger partial charge in [-0.2, -0.15) is 0 Å². The summed E-state index contributed by atoms with van der Waals surface area (Å²) in [5.74, 6) is 0.801. The smallest absolute Gasteiger partial charge is 0.236 e. The molecule has 2 unspecified atom stereocenters. The molecule has 1 fully saturated rings. The number of nitrogens with two attached hydrogens (primary N) is 1. The molecule has 1 saturated carbocycles. The number of aryl methyl sites for hydroxylation is 1. The second-order valence-electron chi connectivity index (χ2n) is 5.61. The number of amides is 1. The molecule has 4 nitrogen and oxygen atoms in total. The van der Waals surface area contributed by atoms with Crippen LogP contribution in [0.15, 0.2) is 24.3 Å². The maximum absolute atomic E-state index is 11.8. The molecule has 1 aliphatic carbocycles. The van der Waals surface area contributed by atoms with Crippen LogP contribution in [0.4, 0.5) is 0 Å². The lowest BCUT2D eigenvalue weighted by Gasteiger charge is -2.33. The highest BCUT2D eigenvalue weighted by Crippen LogP contribution is 2.26. The van der Waals surface area contributed by atoms with E-state index >= 15 is 0 Å². The molecule has 5 heteroatoms. The molecule has 0 radical (unpaired) electrons. The number of carbonyl (C=O) groups is 1. The molecule has 0 spiro atoms. The van der Waals surface area contributed by atoms with Gasteiger partial charge in [0.15, 0.2) is 0 Å². The summed E-state index contributed by atoms with van der Waals surface area (Å²) in [5.41, 5.74) is 6.74. The van der Waals surface area contributed by atoms with E-state index in [1.165, 1.54) is 0 Å². The van der Waals surface area contributed by atoms with Gasteiger partial charge in [0.25, 0.3) is 0 Å². The zero-order valence-corrected chi connectivity index (χ0v) is 13.5. The van der Waals surface area contributed by atoms with E-state index in [9.17, 15) is 4.79 Å². The average molecular weight is 313 g/mol. The molecular weight excluding hydrogens is 288 g/mol. The Morgan fingerprint density at radius 2 is 2.00 bits per heavy atom. The number of carbonyl (C=O) groups excluding carboxylic acids is 1. The van der Waals surface area contributed by atoms with Crippen LogP contribution in [0.2, 0.25) is 0 Å². The van der Waals surface area contributed by atoms with Crippen molar-refractivity contribution in [2.24, 2.45) is 5.73 Å². The van der Waals surface area contributed by atoms with Crippen LogP contribution in [0, 0.1) is 6.92 Å². The standard InChI is InChI=1S/C16H24N2O2.ClH/c1-11-7-3-5-9-14(11)20-15-10-6-4-8-13(15)18-16(19)12(2)17;/h3,5,7,9,12-13,15H,4,6,8,10,17H2,1-2H3,(H,18,19);1H/t12-,13?,15?;/m1./s1. The van der Waals surface area contributed by atoms with Crippen molar-refractivity contribution >= 4 is 18.3 Å². The number of ether oxygens (including phenoxy) is 1. The molecule has 3 atom stereocenters. The molecule has 21 heavy (non-hydrogen) atoms. The number of rotatable bonds is 4. The van der Waals surface area contributed by atoms with Crippen molar-refractivity contribution in [1.82, 2.24) is 5.32 Å². The first kappa shape index (κ1) is 17.8. The van der Waals surface area contributed by atoms with Gasteiger partial charge in [0.1, 0.15) is 11.9 Å². The van der Waals surface area contributed by atoms with Gasteiger partial charge in [0, 0.05) is 0 Å². The summed E-state index contributed by atoms with van der Waals surface area (Å²) in [7, 11) is 0. The van der Waals surface area contributed by atoms with Gasteiger partial charge in [-0.05, 0) is 44.7 Å². The Morgan fingerprint density at radius 3 is 2.67 bits per heavy atom. The monoisotopic (exact) mass is 312 g/mol. The molecule has 1 aliphatic rings. The lowest BCUT2D eigenvalue weighted by molar-refractivity contribution is -0.123. The number of para-hydroxylation sites is 1. The topological polar surface area (TPSA) is 64.3 Å². The molecule has 0 saturated heterocycles. The van der Waals surface area contributed by atoms with Crippen LogP contribution in [-0.4, -0.2) is 24.1 Å². The van der Waals surface area contributed by atoms with E-state index in [1.54, 1.807) is 6.92 Å². The second kappa shape index (κ2) is 8.25. The van der Waals surface area contributed by atoms with Gasteiger partial charge in [-0.1, -0.05) is 24.6 Å². The first-order valence-electron chi connectivity index (χ1n) is 7.36. The fourth-order valence-electron chi connectivity index (χ4n) is 2.57. The van der Waals surface area contributed by atoms with Gasteiger partial charge in [-0.3, -0.25) is 4.79 Å². The fourth-order valence-corrected chi connectivity index (χ4v) is 2.57. The number of nitrogens with one attached hydrogen (secondary N) is 1. The van der Waals surface area contributed by atoms with E-state index in [0.29, 0.717) is 0 Å². The van der Waals surface area contributed by atoms with Crippen LogP contribution in [-0.2, 0) is 4.79 Å². The lowest BCUT2D eigenvalue weighted by Crippen LogP contribution is -2.51. The highest BCUT2D eigenvalue weighted by Gasteiger charge is 2.29. The van der Waals surface area contributed by atoms with Crippen LogP contribution in [0.5, 0.6) is 5.75 Å². The molecule has 0 aliphatic heterocycles. The highest BCUT2D eigenvalue weighted by atomic mass is 35.5. The van der Waals surface area contributed by atoms with Crippen molar-refractivity contribution < 1.29 is 9.53 Å². The van der Waals surface area contributed by atoms with E-state index in [4.69, 9.17) is 10.5 Å². The van der Waals surface area contributed by atoms with Crippen LogP contribution in [0.1, 0.15) is 38.2 Å². The number of halogens is 1. The summed E-state index contributed by atoms with van der Waals surface area (Å²) in [6.45, 7) is 3.74. The van der Waals surface area contributed by atoms with Crippen molar-refractivity contribution in [3.8, 4) is 5.75 Å². The minimum Gasteiger partial charge on any atom is -0.488 e. The highest BCUT2D eigenvalue weighted by molar-refractivity contribution is 5.85. The summed E-state index contributed by atoms with van der Waals surface area (Å²) in [5, 5.41) is 3.02. The molecule has 1 amide bonds. The number of benzene rings is 1. The molecule has 2 rings (SSSR count). The maximum atomic E-state index is 11.8. The Balaban J connectivity index is 0.00000220. The zero-order valence-electron chi connectivity index (χ0n) is 12.7. The predicted octanol–water partition coefficient (Wildman–Crippen LogP) is 2.57. The first-order chi connectivity index (χ1) is 9.58. The van der Waals surface area contributed by atoms with Crippen molar-refractivity contribution in [2.75, 3.05) is 0 Å². The predicted molar refractivity (Wildman–Crippen MR) is 86.9 cm³/mol. The maximum Gasteiger partial charge on any atom is 0.236 e. The minimum atomic E-state index is -0.476. The molecular formula is C16H25ClN2O2. The van der Waals surface area contributed by atoms with Gasteiger partial charge >= 0.3 is 0 Å². The van der Waals surface area contributed by atoms with Gasteiger partial charge in [-0.15, -0.1) is 12.4 Å². The molecule has 1 aromatic carbocycles. The molecule has 0 bridgehead atoms. The Hall–Kier alpha value is -1.26. The number of hydrogen-bond donors (Lipinski definition) is 2. The van der Waals surface area contributed by atoms with Crippen LogP contribution < -0.4 is 15.8 Å². The van der Waals surface area contributed by atoms with E-state index in [0.717, 1.165) is 37.0 Å². The Labute approximate surface area is 132 Å². The summed E-state index contributed by atoms with van der Waals surface area (Å²) >= 11 is 0. The summed E-state index contributed by atoms with van der Waals surface area (Å²) in [6, 6.07) is 7.57. The van der Waals surface area contributed by atoms with Gasteiger partial charge in [0.2, 0.25) is 5.91 Å². The largest absolute Gasteiger partial charge is 0.488 e. The lowest BCUT2D eigenvalue weighted by atomic mass is 9.92. The normalized spacial score (nSPS) is 22.8. The van der Waals surface area contributed by atoms with Crippen molar-refractivity contribution in [1.29, 1.82) is 0 Å². The Kier molecular flexibility index (Phi) is 6.99. The Morgan fingerprint density at radius 1 is 1.33 bits per heavy atom. The zero-order chi connectivity index (χ0) is 14.5. The van der Waals surface area contributed by atoms with Gasteiger partial charge in [0.05, 0.1) is 12.1 Å². The Bertz CT molecular complexity index is 465. The van der Waals surface area contributed by atoms with Crippen molar-refractivity contribution in [2.45, 2.75) is 57.7 Å². The van der Waals surface area contributed by atoms with E-state index in [2.05, 4.69) is 5.32 Å². The van der Waals surface area contributed by atoms with Crippen LogP contribution in [0.3, 0.4) is 0 Å². The molecule has 1 aromatic rings. The van der Waals surface area contributed by atoms with E-state index in [-0.39, 0.29) is 30.5 Å². The van der Waals surface area contributed by atoms with Gasteiger partial charge < -0.3 is 15.8 Å². The average Bonchev–Trinajstić information content (AvgIpc) is 2.43. The fraction of sp³-hybridized carbons (Fsp3) is 0.562. The summed E-state index contributed by atoms with van der Waals surface area (Å²) < 4.78 is 6.12. The molecule has 118 valence electrons. The molecule has 0 heterocycles. The quantitative estimate of drug-likeness (QED) is 0.898. The van der Waals surface area contributed by atoms with Crippen LogP contribution in [0.25, 0.3) is 0 Å². The molecule has 3 N–H and O–H groups in total. The van der Waals surface area contributed by atoms with Crippen molar-refractivity contribution in [3.05, 3.63) is 29.8 Å². The SMILES string of the molecule is Cc1ccccc1OC1CCCCC1NC(=O)[C@@H](C)N.Cl. The van der Waals surface area contributed by atoms with E-state index < -0.39 is 6.04 Å². The summed E-state index contributed by atoms with van der Waals surface area (Å²) in [4.78, 5) is 11.8. The third kappa shape index (κ3) is 4.90.